The van der Waals surface area contributed by atoms with Crippen LogP contribution in [0.15, 0.2) is 82.1 Å². The Bertz CT molecular complexity index is 1350. The van der Waals surface area contributed by atoms with E-state index in [2.05, 4.69) is 4.72 Å². The van der Waals surface area contributed by atoms with E-state index < -0.39 is 16.0 Å². The third kappa shape index (κ3) is 4.57. The monoisotopic (exact) mass is 455 g/mol. The molecule has 0 aliphatic heterocycles. The van der Waals surface area contributed by atoms with Crippen LogP contribution in [-0.2, 0) is 21.4 Å². The molecular weight excluding hydrogens is 438 g/mol. The Morgan fingerprint density at radius 1 is 1.03 bits per heavy atom. The maximum absolute atomic E-state index is 12.7. The molecule has 0 amide bonds. The topological polar surface area (TPSA) is 85.6 Å². The third-order valence-electron chi connectivity index (χ3n) is 4.66. The highest BCUT2D eigenvalue weighted by atomic mass is 35.5. The van der Waals surface area contributed by atoms with Crippen molar-refractivity contribution in [3.63, 3.8) is 0 Å². The highest BCUT2D eigenvalue weighted by Gasteiger charge is 2.21. The minimum absolute atomic E-state index is 0.0721. The van der Waals surface area contributed by atoms with Gasteiger partial charge in [0.25, 0.3) is 10.0 Å². The van der Waals surface area contributed by atoms with Crippen LogP contribution in [0.5, 0.6) is 0 Å². The molecule has 0 atom stereocenters. The first kappa shape index (κ1) is 21.0. The number of benzene rings is 3. The summed E-state index contributed by atoms with van der Waals surface area (Å²) in [7, 11) is -3.83. The minimum atomic E-state index is -3.83. The Kier molecular flexibility index (Phi) is 5.71. The lowest BCUT2D eigenvalue weighted by Gasteiger charge is -2.09. The maximum Gasteiger partial charge on any atom is 0.342 e. The predicted molar refractivity (Wildman–Crippen MR) is 119 cm³/mol. The van der Waals surface area contributed by atoms with Gasteiger partial charge in [-0.3, -0.25) is 4.72 Å². The average molecular weight is 456 g/mol. The van der Waals surface area contributed by atoms with Crippen molar-refractivity contribution in [2.75, 3.05) is 4.72 Å². The highest BCUT2D eigenvalue weighted by molar-refractivity contribution is 7.92. The first-order valence-electron chi connectivity index (χ1n) is 9.36. The molecule has 0 saturated carbocycles. The number of halogens is 1. The van der Waals surface area contributed by atoms with Crippen LogP contribution >= 0.6 is 11.6 Å². The van der Waals surface area contributed by atoms with Crippen molar-refractivity contribution in [2.45, 2.75) is 18.4 Å². The van der Waals surface area contributed by atoms with Gasteiger partial charge in [-0.15, -0.1) is 0 Å². The van der Waals surface area contributed by atoms with E-state index in [0.29, 0.717) is 27.4 Å². The molecule has 0 fully saturated rings. The van der Waals surface area contributed by atoms with E-state index in [9.17, 15) is 13.2 Å². The number of aryl methyl sites for hydroxylation is 1. The van der Waals surface area contributed by atoms with Crippen molar-refractivity contribution in [3.05, 3.63) is 94.7 Å². The molecule has 4 aromatic rings. The van der Waals surface area contributed by atoms with Gasteiger partial charge in [0.05, 0.1) is 4.90 Å². The van der Waals surface area contributed by atoms with Crippen LogP contribution in [-0.4, -0.2) is 14.4 Å². The molecule has 0 aliphatic carbocycles. The number of esters is 1. The molecule has 0 saturated heterocycles. The molecular formula is C23H18ClNO5S. The van der Waals surface area contributed by atoms with Gasteiger partial charge in [0.15, 0.2) is 0 Å². The van der Waals surface area contributed by atoms with Gasteiger partial charge >= 0.3 is 5.97 Å². The van der Waals surface area contributed by atoms with Crippen molar-refractivity contribution in [1.82, 2.24) is 0 Å². The van der Waals surface area contributed by atoms with E-state index >= 15 is 0 Å². The van der Waals surface area contributed by atoms with Crippen molar-refractivity contribution in [3.8, 4) is 0 Å². The number of hydrogen-bond acceptors (Lipinski definition) is 5. The van der Waals surface area contributed by atoms with Gasteiger partial charge in [0.1, 0.15) is 23.5 Å². The zero-order chi connectivity index (χ0) is 22.0. The summed E-state index contributed by atoms with van der Waals surface area (Å²) in [6, 6.07) is 19.9. The quantitative estimate of drug-likeness (QED) is 0.385. The van der Waals surface area contributed by atoms with E-state index in [-0.39, 0.29) is 17.1 Å². The lowest BCUT2D eigenvalue weighted by Crippen LogP contribution is -2.12. The van der Waals surface area contributed by atoms with E-state index in [4.69, 9.17) is 20.8 Å². The Labute approximate surface area is 184 Å². The zero-order valence-corrected chi connectivity index (χ0v) is 18.0. The van der Waals surface area contributed by atoms with Crippen molar-refractivity contribution >= 4 is 44.3 Å². The number of rotatable bonds is 6. The van der Waals surface area contributed by atoms with E-state index in [0.717, 1.165) is 5.56 Å². The van der Waals surface area contributed by atoms with Crippen LogP contribution in [0.4, 0.5) is 5.69 Å². The lowest BCUT2D eigenvalue weighted by molar-refractivity contribution is 0.0473. The summed E-state index contributed by atoms with van der Waals surface area (Å²) in [5.74, 6) is -0.149. The van der Waals surface area contributed by atoms with E-state index in [1.165, 1.54) is 24.3 Å². The summed E-state index contributed by atoms with van der Waals surface area (Å²) in [4.78, 5) is 12.8. The van der Waals surface area contributed by atoms with Crippen LogP contribution in [0.2, 0.25) is 5.02 Å². The molecule has 0 spiro atoms. The Morgan fingerprint density at radius 2 is 1.74 bits per heavy atom. The average Bonchev–Trinajstić information content (AvgIpc) is 3.08. The summed E-state index contributed by atoms with van der Waals surface area (Å²) >= 11 is 5.83. The fourth-order valence-corrected chi connectivity index (χ4v) is 4.34. The molecule has 0 aliphatic rings. The zero-order valence-electron chi connectivity index (χ0n) is 16.5. The first-order valence-corrected chi connectivity index (χ1v) is 11.2. The second kappa shape index (κ2) is 8.45. The molecule has 3 aromatic carbocycles. The smallest absolute Gasteiger partial charge is 0.342 e. The van der Waals surface area contributed by atoms with Crippen LogP contribution in [0.1, 0.15) is 21.7 Å². The Balaban J connectivity index is 1.61. The van der Waals surface area contributed by atoms with Crippen molar-refractivity contribution < 1.29 is 22.4 Å². The van der Waals surface area contributed by atoms with Gasteiger partial charge in [-0.25, -0.2) is 13.2 Å². The second-order valence-electron chi connectivity index (χ2n) is 6.87. The van der Waals surface area contributed by atoms with Crippen LogP contribution < -0.4 is 4.72 Å². The molecule has 6 nitrogen and oxygen atoms in total. The second-order valence-corrected chi connectivity index (χ2v) is 8.98. The molecule has 1 N–H and O–H groups in total. The van der Waals surface area contributed by atoms with Crippen LogP contribution in [0, 0.1) is 6.92 Å². The number of carbonyl (C=O) groups excluding carboxylic acids is 1. The fraction of sp³-hybridized carbons (Fsp3) is 0.0870. The van der Waals surface area contributed by atoms with E-state index in [1.54, 1.807) is 25.1 Å². The standard InChI is InChI=1S/C23H18ClNO5S/c1-15-22(23(26)29-14-16-5-3-2-4-6-16)20-13-18(9-12-21(20)30-15)25-31(27,28)19-10-7-17(24)8-11-19/h2-13,25H,14H2,1H3. The Hall–Kier alpha value is -3.29. The van der Waals surface area contributed by atoms with Crippen molar-refractivity contribution in [1.29, 1.82) is 0 Å². The van der Waals surface area contributed by atoms with Crippen LogP contribution in [0.3, 0.4) is 0 Å². The molecule has 0 unspecified atom stereocenters. The van der Waals surface area contributed by atoms with Gasteiger partial charge < -0.3 is 9.15 Å². The lowest BCUT2D eigenvalue weighted by atomic mass is 10.1. The number of ether oxygens (including phenoxy) is 1. The van der Waals surface area contributed by atoms with Gasteiger partial charge in [-0.05, 0) is 55.0 Å². The van der Waals surface area contributed by atoms with Crippen LogP contribution in [0.25, 0.3) is 11.0 Å². The summed E-state index contributed by atoms with van der Waals surface area (Å²) in [6.07, 6.45) is 0. The van der Waals surface area contributed by atoms with Crippen molar-refractivity contribution in [2.24, 2.45) is 0 Å². The molecule has 158 valence electrons. The molecule has 1 aromatic heterocycles. The first-order chi connectivity index (χ1) is 14.8. The number of nitrogens with one attached hydrogen (secondary N) is 1. The summed E-state index contributed by atoms with van der Waals surface area (Å²) in [6.45, 7) is 1.78. The number of hydrogen-bond donors (Lipinski definition) is 1. The van der Waals surface area contributed by atoms with E-state index in [1.807, 2.05) is 30.3 Å². The molecule has 8 heteroatoms. The SMILES string of the molecule is Cc1oc2ccc(NS(=O)(=O)c3ccc(Cl)cc3)cc2c1C(=O)OCc1ccccc1. The van der Waals surface area contributed by atoms with Gasteiger partial charge in [0, 0.05) is 16.1 Å². The Morgan fingerprint density at radius 3 is 2.45 bits per heavy atom. The maximum atomic E-state index is 12.7. The highest BCUT2D eigenvalue weighted by Crippen LogP contribution is 2.30. The molecule has 4 rings (SSSR count). The number of furan rings is 1. The number of fused-ring (bicyclic) bond motifs is 1. The van der Waals surface area contributed by atoms with Gasteiger partial charge in [0.2, 0.25) is 0 Å². The fourth-order valence-electron chi connectivity index (χ4n) is 3.16. The number of anilines is 1. The molecule has 0 bridgehead atoms. The molecule has 31 heavy (non-hydrogen) atoms. The largest absolute Gasteiger partial charge is 0.460 e. The van der Waals surface area contributed by atoms with Gasteiger partial charge in [-0.2, -0.15) is 0 Å². The number of carbonyl (C=O) groups is 1. The summed E-state index contributed by atoms with van der Waals surface area (Å²) in [5.41, 5.74) is 1.87. The predicted octanol–water partition coefficient (Wildman–Crippen LogP) is 5.55. The molecule has 1 heterocycles. The van der Waals surface area contributed by atoms with Gasteiger partial charge in [-0.1, -0.05) is 41.9 Å². The normalized spacial score (nSPS) is 11.4. The summed E-state index contributed by atoms with van der Waals surface area (Å²) in [5, 5.41) is 0.903. The molecule has 0 radical (unpaired) electrons. The third-order valence-corrected chi connectivity index (χ3v) is 6.31. The minimum Gasteiger partial charge on any atom is -0.460 e. The summed E-state index contributed by atoms with van der Waals surface area (Å²) < 4.78 is 38.9. The number of sulfonamides is 1.